The number of ether oxygens (including phenoxy) is 1. The summed E-state index contributed by atoms with van der Waals surface area (Å²) in [5.74, 6) is -0.981. The Hall–Kier alpha value is -2.86. The summed E-state index contributed by atoms with van der Waals surface area (Å²) in [5.41, 5.74) is 1.88. The third-order valence-corrected chi connectivity index (χ3v) is 5.82. The van der Waals surface area contributed by atoms with Crippen molar-refractivity contribution in [1.29, 1.82) is 0 Å². The highest BCUT2D eigenvalue weighted by atomic mass is 35.5. The van der Waals surface area contributed by atoms with Gasteiger partial charge in [0.1, 0.15) is 0 Å². The fraction of sp³-hybridized carbons (Fsp3) is 0.400. The molecular formula is C25H29ClN2O4. The zero-order chi connectivity index (χ0) is 22.8. The molecule has 2 amide bonds. The number of rotatable bonds is 9. The number of hydrogen-bond acceptors (Lipinski definition) is 4. The summed E-state index contributed by atoms with van der Waals surface area (Å²) in [6.07, 6.45) is 6.00. The van der Waals surface area contributed by atoms with Crippen molar-refractivity contribution in [3.05, 3.63) is 64.7 Å². The van der Waals surface area contributed by atoms with Crippen LogP contribution in [0.3, 0.4) is 0 Å². The summed E-state index contributed by atoms with van der Waals surface area (Å²) in [7, 11) is 0. The predicted octanol–water partition coefficient (Wildman–Crippen LogP) is 4.91. The van der Waals surface area contributed by atoms with E-state index in [1.54, 1.807) is 18.2 Å². The Bertz CT molecular complexity index is 927. The molecule has 32 heavy (non-hydrogen) atoms. The van der Waals surface area contributed by atoms with Crippen LogP contribution in [-0.2, 0) is 20.7 Å². The van der Waals surface area contributed by atoms with Gasteiger partial charge >= 0.3 is 5.97 Å². The van der Waals surface area contributed by atoms with E-state index in [0.29, 0.717) is 22.7 Å². The molecule has 0 aromatic heterocycles. The number of carbonyl (C=O) groups excluding carboxylic acids is 3. The number of halogens is 1. The second-order valence-corrected chi connectivity index (χ2v) is 8.41. The quantitative estimate of drug-likeness (QED) is 0.525. The molecule has 0 aliphatic heterocycles. The van der Waals surface area contributed by atoms with Gasteiger partial charge in [0, 0.05) is 24.6 Å². The van der Waals surface area contributed by atoms with Gasteiger partial charge in [-0.05, 0) is 36.6 Å². The molecule has 3 rings (SSSR count). The van der Waals surface area contributed by atoms with Crippen LogP contribution in [0, 0.1) is 0 Å². The van der Waals surface area contributed by atoms with E-state index < -0.39 is 5.97 Å². The molecule has 7 heteroatoms. The SMILES string of the molecule is O=C(CCC(=O)OCCc1ccccc1)Nc1ccc(Cl)c(C(=O)NC2CCCCC2)c1. The van der Waals surface area contributed by atoms with E-state index in [1.165, 1.54) is 6.42 Å². The van der Waals surface area contributed by atoms with Crippen molar-refractivity contribution < 1.29 is 19.1 Å². The Morgan fingerprint density at radius 2 is 1.72 bits per heavy atom. The minimum Gasteiger partial charge on any atom is -0.465 e. The molecule has 6 nitrogen and oxygen atoms in total. The second-order valence-electron chi connectivity index (χ2n) is 8.01. The van der Waals surface area contributed by atoms with Crippen LogP contribution in [0.2, 0.25) is 5.02 Å². The number of amides is 2. The van der Waals surface area contributed by atoms with Gasteiger partial charge in [-0.1, -0.05) is 61.2 Å². The van der Waals surface area contributed by atoms with Gasteiger partial charge in [-0.3, -0.25) is 14.4 Å². The molecule has 0 unspecified atom stereocenters. The maximum absolute atomic E-state index is 12.6. The normalized spacial score (nSPS) is 13.9. The van der Waals surface area contributed by atoms with Crippen molar-refractivity contribution in [3.8, 4) is 0 Å². The lowest BCUT2D eigenvalue weighted by atomic mass is 9.95. The first-order valence-corrected chi connectivity index (χ1v) is 11.5. The summed E-state index contributed by atoms with van der Waals surface area (Å²) in [4.78, 5) is 36.8. The van der Waals surface area contributed by atoms with E-state index in [9.17, 15) is 14.4 Å². The molecule has 0 spiro atoms. The number of nitrogens with one attached hydrogen (secondary N) is 2. The molecule has 0 heterocycles. The van der Waals surface area contributed by atoms with Gasteiger partial charge in [-0.15, -0.1) is 0 Å². The zero-order valence-corrected chi connectivity index (χ0v) is 18.8. The summed E-state index contributed by atoms with van der Waals surface area (Å²) in [6, 6.07) is 14.7. The van der Waals surface area contributed by atoms with E-state index in [4.69, 9.17) is 16.3 Å². The Morgan fingerprint density at radius 1 is 0.969 bits per heavy atom. The van der Waals surface area contributed by atoms with Crippen molar-refractivity contribution >= 4 is 35.1 Å². The minimum absolute atomic E-state index is 0.00357. The molecule has 1 saturated carbocycles. The van der Waals surface area contributed by atoms with Gasteiger partial charge in [0.2, 0.25) is 5.91 Å². The fourth-order valence-corrected chi connectivity index (χ4v) is 3.93. The van der Waals surface area contributed by atoms with Crippen LogP contribution in [0.1, 0.15) is 60.9 Å². The molecule has 1 aliphatic carbocycles. The second kappa shape index (κ2) is 12.2. The standard InChI is InChI=1S/C25H29ClN2O4/c26-22-12-11-20(17-21(22)25(31)28-19-9-5-2-6-10-19)27-23(29)13-14-24(30)32-16-15-18-7-3-1-4-8-18/h1,3-4,7-8,11-12,17,19H,2,5-6,9-10,13-16H2,(H,27,29)(H,28,31). The lowest BCUT2D eigenvalue weighted by Gasteiger charge is -2.23. The van der Waals surface area contributed by atoms with Gasteiger partial charge in [0.25, 0.3) is 5.91 Å². The maximum atomic E-state index is 12.6. The molecule has 0 bridgehead atoms. The Kier molecular flexibility index (Phi) is 9.11. The van der Waals surface area contributed by atoms with E-state index in [2.05, 4.69) is 10.6 Å². The Morgan fingerprint density at radius 3 is 2.47 bits per heavy atom. The number of anilines is 1. The fourth-order valence-electron chi connectivity index (χ4n) is 3.73. The smallest absolute Gasteiger partial charge is 0.306 e. The summed E-state index contributed by atoms with van der Waals surface area (Å²) in [6.45, 7) is 0.279. The Labute approximate surface area is 193 Å². The zero-order valence-electron chi connectivity index (χ0n) is 18.1. The molecule has 2 aromatic rings. The van der Waals surface area contributed by atoms with E-state index in [0.717, 1.165) is 31.2 Å². The Balaban J connectivity index is 1.43. The van der Waals surface area contributed by atoms with Gasteiger partial charge in [0.05, 0.1) is 23.6 Å². The number of carbonyl (C=O) groups is 3. The highest BCUT2D eigenvalue weighted by molar-refractivity contribution is 6.34. The van der Waals surface area contributed by atoms with Crippen LogP contribution in [0.25, 0.3) is 0 Å². The predicted molar refractivity (Wildman–Crippen MR) is 125 cm³/mol. The van der Waals surface area contributed by atoms with Crippen LogP contribution in [-0.4, -0.2) is 30.4 Å². The third-order valence-electron chi connectivity index (χ3n) is 5.49. The van der Waals surface area contributed by atoms with Crippen molar-refractivity contribution in [1.82, 2.24) is 5.32 Å². The van der Waals surface area contributed by atoms with Crippen molar-refractivity contribution in [2.45, 2.75) is 57.4 Å². The molecular weight excluding hydrogens is 428 g/mol. The molecule has 0 atom stereocenters. The summed E-state index contributed by atoms with van der Waals surface area (Å²) in [5, 5.41) is 6.08. The summed E-state index contributed by atoms with van der Waals surface area (Å²) < 4.78 is 5.20. The number of benzene rings is 2. The van der Waals surface area contributed by atoms with E-state index in [-0.39, 0.29) is 37.3 Å². The molecule has 1 aliphatic rings. The molecule has 2 aromatic carbocycles. The van der Waals surface area contributed by atoms with Gasteiger partial charge in [-0.2, -0.15) is 0 Å². The minimum atomic E-state index is -0.417. The van der Waals surface area contributed by atoms with E-state index in [1.807, 2.05) is 30.3 Å². The topological polar surface area (TPSA) is 84.5 Å². The van der Waals surface area contributed by atoms with Crippen molar-refractivity contribution in [3.63, 3.8) is 0 Å². The van der Waals surface area contributed by atoms with Gasteiger partial charge in [-0.25, -0.2) is 0 Å². The lowest BCUT2D eigenvalue weighted by Crippen LogP contribution is -2.36. The van der Waals surface area contributed by atoms with Gasteiger partial charge < -0.3 is 15.4 Å². The highest BCUT2D eigenvalue weighted by Crippen LogP contribution is 2.23. The largest absolute Gasteiger partial charge is 0.465 e. The third kappa shape index (κ3) is 7.68. The van der Waals surface area contributed by atoms with Crippen molar-refractivity contribution in [2.75, 3.05) is 11.9 Å². The van der Waals surface area contributed by atoms with Crippen LogP contribution in [0.5, 0.6) is 0 Å². The molecule has 1 fully saturated rings. The molecule has 0 radical (unpaired) electrons. The van der Waals surface area contributed by atoms with Crippen LogP contribution < -0.4 is 10.6 Å². The number of hydrogen-bond donors (Lipinski definition) is 2. The van der Waals surface area contributed by atoms with Crippen LogP contribution >= 0.6 is 11.6 Å². The monoisotopic (exact) mass is 456 g/mol. The first kappa shape index (κ1) is 23.8. The average molecular weight is 457 g/mol. The maximum Gasteiger partial charge on any atom is 0.306 e. The molecule has 2 N–H and O–H groups in total. The van der Waals surface area contributed by atoms with Crippen molar-refractivity contribution in [2.24, 2.45) is 0 Å². The average Bonchev–Trinajstić information content (AvgIpc) is 2.80. The first-order chi connectivity index (χ1) is 15.5. The van der Waals surface area contributed by atoms with E-state index >= 15 is 0 Å². The summed E-state index contributed by atoms with van der Waals surface area (Å²) >= 11 is 6.21. The first-order valence-electron chi connectivity index (χ1n) is 11.1. The van der Waals surface area contributed by atoms with Gasteiger partial charge in [0.15, 0.2) is 0 Å². The molecule has 0 saturated heterocycles. The van der Waals surface area contributed by atoms with Crippen LogP contribution in [0.4, 0.5) is 5.69 Å². The number of esters is 1. The molecule has 170 valence electrons. The lowest BCUT2D eigenvalue weighted by molar-refractivity contribution is -0.144. The highest BCUT2D eigenvalue weighted by Gasteiger charge is 2.19. The van der Waals surface area contributed by atoms with Crippen LogP contribution in [0.15, 0.2) is 48.5 Å².